The van der Waals surface area contributed by atoms with Gasteiger partial charge in [0.15, 0.2) is 0 Å². The lowest BCUT2D eigenvalue weighted by Gasteiger charge is -2.17. The third-order valence-corrected chi connectivity index (χ3v) is 6.06. The maximum absolute atomic E-state index is 12.6. The molecular formula is C23H26ClN5O2. The van der Waals surface area contributed by atoms with Crippen molar-refractivity contribution < 1.29 is 9.59 Å². The van der Waals surface area contributed by atoms with E-state index in [9.17, 15) is 9.59 Å². The molecule has 8 heteroatoms. The molecule has 4 rings (SSSR count). The Kier molecular flexibility index (Phi) is 6.25. The van der Waals surface area contributed by atoms with Crippen LogP contribution in [0.2, 0.25) is 5.02 Å². The predicted molar refractivity (Wildman–Crippen MR) is 121 cm³/mol. The first-order valence-corrected chi connectivity index (χ1v) is 10.8. The molecule has 3 N–H and O–H groups in total. The van der Waals surface area contributed by atoms with Crippen molar-refractivity contribution >= 4 is 34.4 Å². The van der Waals surface area contributed by atoms with Crippen molar-refractivity contribution in [2.75, 3.05) is 6.54 Å². The molecule has 1 aliphatic rings. The van der Waals surface area contributed by atoms with Crippen molar-refractivity contribution in [3.8, 4) is 0 Å². The van der Waals surface area contributed by atoms with Gasteiger partial charge in [0.1, 0.15) is 11.7 Å². The summed E-state index contributed by atoms with van der Waals surface area (Å²) in [6, 6.07) is 11.1. The summed E-state index contributed by atoms with van der Waals surface area (Å²) in [5, 5.41) is 10.4. The Labute approximate surface area is 186 Å². The molecule has 7 nitrogen and oxygen atoms in total. The van der Waals surface area contributed by atoms with Crippen LogP contribution in [0.4, 0.5) is 0 Å². The molecular weight excluding hydrogens is 414 g/mol. The minimum absolute atomic E-state index is 0.153. The molecule has 2 amide bonds. The lowest BCUT2D eigenvalue weighted by atomic mass is 9.96. The number of carbonyl (C=O) groups is 2. The minimum atomic E-state index is -0.637. The van der Waals surface area contributed by atoms with E-state index in [1.165, 1.54) is 5.56 Å². The first kappa shape index (κ1) is 21.3. The van der Waals surface area contributed by atoms with Crippen LogP contribution in [0.5, 0.6) is 0 Å². The minimum Gasteiger partial charge on any atom is -0.350 e. The Bertz CT molecular complexity index is 1100. The average Bonchev–Trinajstić information content (AvgIpc) is 3.38. The number of carbonyl (C=O) groups excluding carboxylic acids is 2. The van der Waals surface area contributed by atoms with Crippen LogP contribution in [0.15, 0.2) is 48.8 Å². The van der Waals surface area contributed by atoms with Crippen molar-refractivity contribution in [2.45, 2.75) is 37.9 Å². The lowest BCUT2D eigenvalue weighted by Crippen LogP contribution is -2.49. The number of nitrogens with one attached hydrogen (secondary N) is 3. The third kappa shape index (κ3) is 4.73. The molecule has 1 saturated heterocycles. The largest absolute Gasteiger partial charge is 0.350 e. The number of halogens is 1. The van der Waals surface area contributed by atoms with Gasteiger partial charge in [0.2, 0.25) is 11.8 Å². The SMILES string of the molecule is C[C@H](NC(=O)[C@H]1C[C@H](c2ccccc2)CN1)C(=O)NCc1cnc2c(c1)c(Cl)cn2C. The fraction of sp³-hybridized carbons (Fsp3) is 0.348. The summed E-state index contributed by atoms with van der Waals surface area (Å²) in [6.07, 6.45) is 4.24. The predicted octanol–water partition coefficient (Wildman–Crippen LogP) is 2.49. The summed E-state index contributed by atoms with van der Waals surface area (Å²) >= 11 is 6.23. The Morgan fingerprint density at radius 3 is 2.87 bits per heavy atom. The number of benzene rings is 1. The van der Waals surface area contributed by atoms with Crippen LogP contribution >= 0.6 is 11.6 Å². The molecule has 1 aromatic carbocycles. The zero-order valence-corrected chi connectivity index (χ0v) is 18.3. The van der Waals surface area contributed by atoms with Crippen molar-refractivity contribution in [2.24, 2.45) is 7.05 Å². The van der Waals surface area contributed by atoms with E-state index in [1.54, 1.807) is 19.3 Å². The quantitative estimate of drug-likeness (QED) is 0.550. The molecule has 2 aromatic heterocycles. The number of hydrogen-bond acceptors (Lipinski definition) is 4. The zero-order valence-electron chi connectivity index (χ0n) is 17.6. The van der Waals surface area contributed by atoms with Gasteiger partial charge >= 0.3 is 0 Å². The van der Waals surface area contributed by atoms with E-state index in [1.807, 2.05) is 35.9 Å². The van der Waals surface area contributed by atoms with Crippen LogP contribution in [0, 0.1) is 0 Å². The zero-order chi connectivity index (χ0) is 22.0. The third-order valence-electron chi connectivity index (χ3n) is 5.76. The molecule has 3 atom stereocenters. The number of hydrogen-bond donors (Lipinski definition) is 3. The molecule has 0 unspecified atom stereocenters. The van der Waals surface area contributed by atoms with Crippen molar-refractivity contribution in [3.05, 3.63) is 64.9 Å². The van der Waals surface area contributed by atoms with Crippen LogP contribution in [0.25, 0.3) is 11.0 Å². The Hall–Kier alpha value is -2.90. The number of amides is 2. The molecule has 162 valence electrons. The van der Waals surface area contributed by atoms with E-state index < -0.39 is 6.04 Å². The summed E-state index contributed by atoms with van der Waals surface area (Å²) in [7, 11) is 1.88. The maximum atomic E-state index is 12.6. The van der Waals surface area contributed by atoms with Crippen molar-refractivity contribution in [3.63, 3.8) is 0 Å². The highest BCUT2D eigenvalue weighted by molar-refractivity contribution is 6.35. The van der Waals surface area contributed by atoms with Crippen molar-refractivity contribution in [1.82, 2.24) is 25.5 Å². The van der Waals surface area contributed by atoms with Gasteiger partial charge in [-0.2, -0.15) is 0 Å². The molecule has 0 aliphatic carbocycles. The van der Waals surface area contributed by atoms with E-state index in [-0.39, 0.29) is 17.9 Å². The van der Waals surface area contributed by atoms with Crippen LogP contribution < -0.4 is 16.0 Å². The van der Waals surface area contributed by atoms with E-state index in [0.29, 0.717) is 23.9 Å². The summed E-state index contributed by atoms with van der Waals surface area (Å²) in [5.74, 6) is -0.0984. The second kappa shape index (κ2) is 9.08. The Balaban J connectivity index is 1.28. The number of fused-ring (bicyclic) bond motifs is 1. The molecule has 0 saturated carbocycles. The average molecular weight is 440 g/mol. The molecule has 0 bridgehead atoms. The van der Waals surface area contributed by atoms with Gasteiger partial charge < -0.3 is 20.5 Å². The molecule has 1 fully saturated rings. The van der Waals surface area contributed by atoms with E-state index in [0.717, 1.165) is 23.1 Å². The lowest BCUT2D eigenvalue weighted by molar-refractivity contribution is -0.129. The number of aryl methyl sites for hydroxylation is 1. The van der Waals surface area contributed by atoms with Crippen LogP contribution in [-0.2, 0) is 23.2 Å². The number of rotatable bonds is 6. The van der Waals surface area contributed by atoms with Gasteiger partial charge in [-0.15, -0.1) is 0 Å². The molecule has 3 heterocycles. The van der Waals surface area contributed by atoms with E-state index >= 15 is 0 Å². The van der Waals surface area contributed by atoms with E-state index in [2.05, 4.69) is 33.1 Å². The number of nitrogens with zero attached hydrogens (tertiary/aromatic N) is 2. The summed E-state index contributed by atoms with van der Waals surface area (Å²) in [5.41, 5.74) is 2.86. The van der Waals surface area contributed by atoms with Crippen molar-refractivity contribution in [1.29, 1.82) is 0 Å². The molecule has 0 spiro atoms. The fourth-order valence-electron chi connectivity index (χ4n) is 3.99. The number of pyridine rings is 1. The second-order valence-corrected chi connectivity index (χ2v) is 8.46. The van der Waals surface area contributed by atoms with Gasteiger partial charge in [0.05, 0.1) is 11.1 Å². The highest BCUT2D eigenvalue weighted by Crippen LogP contribution is 2.26. The van der Waals surface area contributed by atoms with Gasteiger partial charge in [0, 0.05) is 37.9 Å². The van der Waals surface area contributed by atoms with Gasteiger partial charge in [0.25, 0.3) is 0 Å². The standard InChI is InChI=1S/C23H26ClN5O2/c1-14(28-23(31)20-9-17(12-25-20)16-6-4-3-5-7-16)22(30)27-11-15-8-18-19(24)13-29(2)21(18)26-10-15/h3-8,10,13-14,17,20,25H,9,11-12H2,1-2H3,(H,27,30)(H,28,31)/t14-,17-,20+/m0/s1. The number of aromatic nitrogens is 2. The van der Waals surface area contributed by atoms with Gasteiger partial charge in [-0.05, 0) is 36.5 Å². The van der Waals surface area contributed by atoms with Gasteiger partial charge in [-0.25, -0.2) is 4.98 Å². The molecule has 31 heavy (non-hydrogen) atoms. The summed E-state index contributed by atoms with van der Waals surface area (Å²) in [6.45, 7) is 2.75. The molecule has 1 aliphatic heterocycles. The highest BCUT2D eigenvalue weighted by atomic mass is 35.5. The molecule has 0 radical (unpaired) electrons. The smallest absolute Gasteiger partial charge is 0.242 e. The molecule has 3 aromatic rings. The topological polar surface area (TPSA) is 88.1 Å². The van der Waals surface area contributed by atoms with E-state index in [4.69, 9.17) is 11.6 Å². The fourth-order valence-corrected chi connectivity index (χ4v) is 4.28. The Morgan fingerprint density at radius 1 is 1.32 bits per heavy atom. The van der Waals surface area contributed by atoms with Gasteiger partial charge in [-0.1, -0.05) is 41.9 Å². The van der Waals surface area contributed by atoms with Crippen LogP contribution in [0.3, 0.4) is 0 Å². The Morgan fingerprint density at radius 2 is 2.10 bits per heavy atom. The van der Waals surface area contributed by atoms with Crippen LogP contribution in [0.1, 0.15) is 30.4 Å². The summed E-state index contributed by atoms with van der Waals surface area (Å²) < 4.78 is 1.86. The maximum Gasteiger partial charge on any atom is 0.242 e. The second-order valence-electron chi connectivity index (χ2n) is 8.05. The first-order chi connectivity index (χ1) is 14.9. The monoisotopic (exact) mass is 439 g/mol. The summed E-state index contributed by atoms with van der Waals surface area (Å²) in [4.78, 5) is 29.5. The highest BCUT2D eigenvalue weighted by Gasteiger charge is 2.31. The van der Waals surface area contributed by atoms with Gasteiger partial charge in [-0.3, -0.25) is 9.59 Å². The first-order valence-electron chi connectivity index (χ1n) is 10.4. The normalized spacial score (nSPS) is 19.3. The van der Waals surface area contributed by atoms with Crippen LogP contribution in [-0.4, -0.2) is 40.0 Å².